The van der Waals surface area contributed by atoms with Gasteiger partial charge in [0.05, 0.1) is 19.0 Å². The lowest BCUT2D eigenvalue weighted by molar-refractivity contribution is -0.200. The molecule has 22 heavy (non-hydrogen) atoms. The molecule has 0 bridgehead atoms. The summed E-state index contributed by atoms with van der Waals surface area (Å²) in [5.41, 5.74) is 4.75. The van der Waals surface area contributed by atoms with Gasteiger partial charge in [0.15, 0.2) is 0 Å². The van der Waals surface area contributed by atoms with Gasteiger partial charge in [0, 0.05) is 7.11 Å². The second kappa shape index (κ2) is 6.25. The molecule has 1 aromatic rings. The number of hydrogen-bond acceptors (Lipinski definition) is 5. The van der Waals surface area contributed by atoms with Gasteiger partial charge in [-0.2, -0.15) is 0 Å². The average Bonchev–Trinajstić information content (AvgIpc) is 2.50. The van der Waals surface area contributed by atoms with Crippen molar-refractivity contribution in [2.45, 2.75) is 25.1 Å². The fourth-order valence-electron chi connectivity index (χ4n) is 2.30. The van der Waals surface area contributed by atoms with E-state index in [0.29, 0.717) is 0 Å². The van der Waals surface area contributed by atoms with E-state index in [9.17, 15) is 14.4 Å². The number of β-lactam (4-membered cyclic amide) rings is 1. The van der Waals surface area contributed by atoms with Gasteiger partial charge < -0.3 is 15.8 Å². The van der Waals surface area contributed by atoms with Crippen LogP contribution < -0.4 is 11.1 Å². The predicted octanol–water partition coefficient (Wildman–Crippen LogP) is -0.596. The molecule has 2 atom stereocenters. The number of imide groups is 1. The maximum absolute atomic E-state index is 12.6. The van der Waals surface area contributed by atoms with Gasteiger partial charge in [0.1, 0.15) is 0 Å². The maximum Gasteiger partial charge on any atom is 0.276 e. The van der Waals surface area contributed by atoms with Crippen LogP contribution in [-0.2, 0) is 25.5 Å². The SMILES string of the molecule is COC1(N(C(=O)Cc2ccccc2)C(=O)[C@@H](C)N)CNC1=O. The highest BCUT2D eigenvalue weighted by atomic mass is 16.5. The third kappa shape index (κ3) is 2.72. The fraction of sp³-hybridized carbons (Fsp3) is 0.400. The third-order valence-corrected chi connectivity index (χ3v) is 3.60. The molecule has 0 aromatic heterocycles. The maximum atomic E-state index is 12.6. The molecule has 0 radical (unpaired) electrons. The number of ether oxygens (including phenoxy) is 1. The first kappa shape index (κ1) is 16.1. The Morgan fingerprint density at radius 2 is 2.05 bits per heavy atom. The van der Waals surface area contributed by atoms with E-state index in [1.54, 1.807) is 24.3 Å². The van der Waals surface area contributed by atoms with E-state index in [1.807, 2.05) is 6.07 Å². The van der Waals surface area contributed by atoms with E-state index >= 15 is 0 Å². The molecule has 1 unspecified atom stereocenters. The summed E-state index contributed by atoms with van der Waals surface area (Å²) < 4.78 is 5.19. The van der Waals surface area contributed by atoms with Crippen LogP contribution in [0.4, 0.5) is 0 Å². The van der Waals surface area contributed by atoms with Crippen molar-refractivity contribution in [2.24, 2.45) is 5.73 Å². The van der Waals surface area contributed by atoms with Crippen molar-refractivity contribution < 1.29 is 19.1 Å². The predicted molar refractivity (Wildman–Crippen MR) is 78.4 cm³/mol. The van der Waals surface area contributed by atoms with Gasteiger partial charge in [-0.1, -0.05) is 30.3 Å². The van der Waals surface area contributed by atoms with Crippen molar-refractivity contribution in [2.75, 3.05) is 13.7 Å². The van der Waals surface area contributed by atoms with E-state index in [-0.39, 0.29) is 13.0 Å². The number of carbonyl (C=O) groups is 3. The van der Waals surface area contributed by atoms with Crippen LogP contribution in [0, 0.1) is 0 Å². The molecular weight excluding hydrogens is 286 g/mol. The molecule has 1 aromatic carbocycles. The fourth-order valence-corrected chi connectivity index (χ4v) is 2.30. The minimum absolute atomic E-state index is 0.0162. The van der Waals surface area contributed by atoms with Crippen molar-refractivity contribution in [1.82, 2.24) is 10.2 Å². The standard InChI is InChI=1S/C15H19N3O4/c1-10(16)13(20)18(15(22-2)9-17-14(15)21)12(19)8-11-6-4-3-5-7-11/h3-7,10H,8-9,16H2,1-2H3,(H,17,21)/t10-,15?/m1/s1. The Labute approximate surface area is 128 Å². The lowest BCUT2D eigenvalue weighted by atomic mass is 10.0. The smallest absolute Gasteiger partial charge is 0.276 e. The highest BCUT2D eigenvalue weighted by Crippen LogP contribution is 2.25. The van der Waals surface area contributed by atoms with Crippen LogP contribution in [0.15, 0.2) is 30.3 Å². The van der Waals surface area contributed by atoms with E-state index in [2.05, 4.69) is 5.32 Å². The number of hydrogen-bond donors (Lipinski definition) is 2. The summed E-state index contributed by atoms with van der Waals surface area (Å²) in [6.45, 7) is 1.52. The van der Waals surface area contributed by atoms with E-state index < -0.39 is 29.5 Å². The molecule has 3 amide bonds. The highest BCUT2D eigenvalue weighted by Gasteiger charge is 2.56. The molecule has 1 saturated heterocycles. The molecule has 2 rings (SSSR count). The first-order valence-electron chi connectivity index (χ1n) is 6.92. The van der Waals surface area contributed by atoms with Crippen LogP contribution in [0.3, 0.4) is 0 Å². The third-order valence-electron chi connectivity index (χ3n) is 3.60. The second-order valence-electron chi connectivity index (χ2n) is 5.19. The van der Waals surface area contributed by atoms with Crippen LogP contribution in [-0.4, -0.2) is 48.0 Å². The largest absolute Gasteiger partial charge is 0.349 e. The number of rotatable bonds is 5. The number of methoxy groups -OCH3 is 1. The summed E-state index contributed by atoms with van der Waals surface area (Å²) >= 11 is 0. The van der Waals surface area contributed by atoms with Crippen molar-refractivity contribution in [1.29, 1.82) is 0 Å². The lowest BCUT2D eigenvalue weighted by Crippen LogP contribution is -2.77. The van der Waals surface area contributed by atoms with Crippen molar-refractivity contribution >= 4 is 17.7 Å². The Bertz CT molecular complexity index is 584. The van der Waals surface area contributed by atoms with E-state index in [1.165, 1.54) is 14.0 Å². The zero-order valence-corrected chi connectivity index (χ0v) is 12.5. The van der Waals surface area contributed by atoms with Crippen LogP contribution in [0.2, 0.25) is 0 Å². The monoisotopic (exact) mass is 305 g/mol. The Hall–Kier alpha value is -2.25. The quantitative estimate of drug-likeness (QED) is 0.559. The zero-order chi connectivity index (χ0) is 16.3. The van der Waals surface area contributed by atoms with Crippen molar-refractivity contribution in [3.8, 4) is 0 Å². The highest BCUT2D eigenvalue weighted by molar-refractivity contribution is 6.06. The molecule has 0 saturated carbocycles. The molecule has 1 heterocycles. The van der Waals surface area contributed by atoms with Crippen LogP contribution >= 0.6 is 0 Å². The second-order valence-corrected chi connectivity index (χ2v) is 5.19. The zero-order valence-electron chi connectivity index (χ0n) is 12.5. The average molecular weight is 305 g/mol. The Morgan fingerprint density at radius 1 is 1.41 bits per heavy atom. The lowest BCUT2D eigenvalue weighted by Gasteiger charge is -2.46. The van der Waals surface area contributed by atoms with Crippen LogP contribution in [0.1, 0.15) is 12.5 Å². The number of nitrogens with two attached hydrogens (primary N) is 1. The molecule has 0 spiro atoms. The Kier molecular flexibility index (Phi) is 4.58. The molecule has 1 fully saturated rings. The minimum atomic E-state index is -1.60. The number of nitrogens with one attached hydrogen (secondary N) is 1. The van der Waals surface area contributed by atoms with Gasteiger partial charge in [-0.15, -0.1) is 0 Å². The molecule has 118 valence electrons. The van der Waals surface area contributed by atoms with Crippen LogP contribution in [0.25, 0.3) is 0 Å². The summed E-state index contributed by atoms with van der Waals surface area (Å²) in [5, 5.41) is 2.49. The number of nitrogens with zero attached hydrogens (tertiary/aromatic N) is 1. The first-order valence-corrected chi connectivity index (χ1v) is 6.92. The van der Waals surface area contributed by atoms with Gasteiger partial charge in [0.25, 0.3) is 5.91 Å². The number of benzene rings is 1. The summed E-state index contributed by atoms with van der Waals surface area (Å²) in [6, 6.07) is 8.04. The molecule has 7 nitrogen and oxygen atoms in total. The van der Waals surface area contributed by atoms with E-state index in [4.69, 9.17) is 10.5 Å². The van der Waals surface area contributed by atoms with Gasteiger partial charge in [-0.25, -0.2) is 4.90 Å². The van der Waals surface area contributed by atoms with E-state index in [0.717, 1.165) is 10.5 Å². The summed E-state index contributed by atoms with van der Waals surface area (Å²) in [7, 11) is 1.29. The Balaban J connectivity index is 2.30. The molecule has 0 aliphatic carbocycles. The van der Waals surface area contributed by atoms with Gasteiger partial charge >= 0.3 is 0 Å². The van der Waals surface area contributed by atoms with Crippen molar-refractivity contribution in [3.05, 3.63) is 35.9 Å². The molecule has 1 aliphatic heterocycles. The first-order chi connectivity index (χ1) is 10.4. The Morgan fingerprint density at radius 3 is 2.45 bits per heavy atom. The topological polar surface area (TPSA) is 102 Å². The molecular formula is C15H19N3O4. The summed E-state index contributed by atoms with van der Waals surface area (Å²) in [5.74, 6) is -1.69. The number of carbonyl (C=O) groups excluding carboxylic acids is 3. The molecule has 1 aliphatic rings. The van der Waals surface area contributed by atoms with Crippen molar-refractivity contribution in [3.63, 3.8) is 0 Å². The molecule has 3 N–H and O–H groups in total. The number of amides is 3. The van der Waals surface area contributed by atoms with Crippen LogP contribution in [0.5, 0.6) is 0 Å². The summed E-state index contributed by atoms with van der Waals surface area (Å²) in [6.07, 6.45) is -0.0162. The minimum Gasteiger partial charge on any atom is -0.349 e. The van der Waals surface area contributed by atoms with Gasteiger partial charge in [-0.3, -0.25) is 14.4 Å². The molecule has 7 heteroatoms. The summed E-state index contributed by atoms with van der Waals surface area (Å²) in [4.78, 5) is 37.7. The van der Waals surface area contributed by atoms with Gasteiger partial charge in [-0.05, 0) is 12.5 Å². The normalized spacial score (nSPS) is 21.5. The van der Waals surface area contributed by atoms with Gasteiger partial charge in [0.2, 0.25) is 17.5 Å².